The van der Waals surface area contributed by atoms with Crippen LogP contribution in [0, 0.1) is 0 Å². The van der Waals surface area contributed by atoms with Crippen molar-refractivity contribution in [2.24, 2.45) is 5.73 Å². The van der Waals surface area contributed by atoms with E-state index in [1.165, 1.54) is 48.6 Å². The van der Waals surface area contributed by atoms with Crippen molar-refractivity contribution in [3.63, 3.8) is 0 Å². The Kier molecular flexibility index (Phi) is 5.87. The number of primary amides is 1. The van der Waals surface area contributed by atoms with Crippen LogP contribution in [0.1, 0.15) is 15.9 Å². The molecule has 130 valence electrons. The average Bonchev–Trinajstić information content (AvgIpc) is 2.53. The standard InChI is InChI=1S/C17H13F3N2O2S/c18-17(19,20)25-12-8-5-11(6-9-12)7-10-15(23)22-14-4-2-1-3-13(14)16(21)24/h1-10H,(H2,21,24)(H,22,23)/b10-7+. The molecule has 0 aliphatic heterocycles. The van der Waals surface area contributed by atoms with Crippen LogP contribution in [0.5, 0.6) is 0 Å². The second kappa shape index (κ2) is 7.89. The smallest absolute Gasteiger partial charge is 0.366 e. The lowest BCUT2D eigenvalue weighted by Gasteiger charge is -2.06. The van der Waals surface area contributed by atoms with E-state index in [1.54, 1.807) is 12.1 Å². The minimum Gasteiger partial charge on any atom is -0.366 e. The highest BCUT2D eigenvalue weighted by Gasteiger charge is 2.28. The molecule has 0 saturated heterocycles. The zero-order valence-corrected chi connectivity index (χ0v) is 13.5. The van der Waals surface area contributed by atoms with Crippen LogP contribution < -0.4 is 11.1 Å². The van der Waals surface area contributed by atoms with Crippen molar-refractivity contribution in [2.45, 2.75) is 10.4 Å². The summed E-state index contributed by atoms with van der Waals surface area (Å²) in [5.41, 5.74) is 1.90. The first-order chi connectivity index (χ1) is 11.7. The number of para-hydroxylation sites is 1. The van der Waals surface area contributed by atoms with Crippen molar-refractivity contribution in [3.8, 4) is 0 Å². The zero-order valence-electron chi connectivity index (χ0n) is 12.7. The molecule has 0 radical (unpaired) electrons. The van der Waals surface area contributed by atoms with Crippen LogP contribution in [0.3, 0.4) is 0 Å². The molecular weight excluding hydrogens is 353 g/mol. The number of rotatable bonds is 5. The Labute approximate surface area is 145 Å². The quantitative estimate of drug-likeness (QED) is 0.619. The Hall–Kier alpha value is -2.74. The van der Waals surface area contributed by atoms with Crippen LogP contribution in [0.15, 0.2) is 59.5 Å². The van der Waals surface area contributed by atoms with Crippen LogP contribution in [-0.2, 0) is 4.79 Å². The summed E-state index contributed by atoms with van der Waals surface area (Å²) in [7, 11) is 0. The topological polar surface area (TPSA) is 72.2 Å². The number of carbonyl (C=O) groups excluding carboxylic acids is 2. The van der Waals surface area contributed by atoms with Gasteiger partial charge in [0.15, 0.2) is 0 Å². The predicted octanol–water partition coefficient (Wildman–Crippen LogP) is 4.05. The van der Waals surface area contributed by atoms with Gasteiger partial charge in [-0.2, -0.15) is 13.2 Å². The molecule has 2 amide bonds. The number of anilines is 1. The summed E-state index contributed by atoms with van der Waals surface area (Å²) in [5.74, 6) is -1.17. The van der Waals surface area contributed by atoms with E-state index in [2.05, 4.69) is 5.32 Å². The summed E-state index contributed by atoms with van der Waals surface area (Å²) in [4.78, 5) is 23.3. The predicted molar refractivity (Wildman–Crippen MR) is 91.0 cm³/mol. The molecule has 0 unspecified atom stereocenters. The van der Waals surface area contributed by atoms with E-state index in [0.29, 0.717) is 5.56 Å². The second-order valence-electron chi connectivity index (χ2n) is 4.85. The number of nitrogens with two attached hydrogens (primary N) is 1. The second-order valence-corrected chi connectivity index (χ2v) is 5.99. The highest BCUT2D eigenvalue weighted by atomic mass is 32.2. The Morgan fingerprint density at radius 1 is 1.04 bits per heavy atom. The Bertz CT molecular complexity index is 802. The fourth-order valence-electron chi connectivity index (χ4n) is 1.93. The summed E-state index contributed by atoms with van der Waals surface area (Å²) in [5, 5.41) is 2.53. The van der Waals surface area contributed by atoms with Crippen LogP contribution in [-0.4, -0.2) is 17.3 Å². The Morgan fingerprint density at radius 3 is 2.28 bits per heavy atom. The summed E-state index contributed by atoms with van der Waals surface area (Å²) in [6, 6.07) is 11.9. The van der Waals surface area contributed by atoms with E-state index in [-0.39, 0.29) is 27.9 Å². The maximum absolute atomic E-state index is 12.3. The average molecular weight is 366 g/mol. The molecule has 0 spiro atoms. The molecule has 0 bridgehead atoms. The van der Waals surface area contributed by atoms with Gasteiger partial charge in [-0.15, -0.1) is 0 Å². The van der Waals surface area contributed by atoms with Gasteiger partial charge in [-0.3, -0.25) is 9.59 Å². The number of hydrogen-bond donors (Lipinski definition) is 2. The van der Waals surface area contributed by atoms with E-state index in [0.717, 1.165) is 0 Å². The third kappa shape index (κ3) is 6.00. The van der Waals surface area contributed by atoms with Crippen LogP contribution in [0.25, 0.3) is 6.08 Å². The molecule has 2 aromatic carbocycles. The van der Waals surface area contributed by atoms with Crippen molar-refractivity contribution in [3.05, 3.63) is 65.7 Å². The molecule has 2 rings (SSSR count). The lowest BCUT2D eigenvalue weighted by molar-refractivity contribution is -0.111. The van der Waals surface area contributed by atoms with Crippen molar-refractivity contribution in [1.29, 1.82) is 0 Å². The van der Waals surface area contributed by atoms with E-state index in [1.807, 2.05) is 0 Å². The minimum absolute atomic E-state index is 0.0597. The summed E-state index contributed by atoms with van der Waals surface area (Å²) in [6.45, 7) is 0. The van der Waals surface area contributed by atoms with Gasteiger partial charge in [0.05, 0.1) is 11.3 Å². The maximum Gasteiger partial charge on any atom is 0.446 e. The van der Waals surface area contributed by atoms with Gasteiger partial charge in [-0.05, 0) is 47.7 Å². The molecule has 0 heterocycles. The number of alkyl halides is 3. The van der Waals surface area contributed by atoms with E-state index < -0.39 is 17.3 Å². The van der Waals surface area contributed by atoms with Gasteiger partial charge < -0.3 is 11.1 Å². The van der Waals surface area contributed by atoms with Gasteiger partial charge in [0.1, 0.15) is 0 Å². The fraction of sp³-hybridized carbons (Fsp3) is 0.0588. The molecule has 0 aliphatic carbocycles. The summed E-state index contributed by atoms with van der Waals surface area (Å²) < 4.78 is 36.8. The van der Waals surface area contributed by atoms with Gasteiger partial charge >= 0.3 is 5.51 Å². The SMILES string of the molecule is NC(=O)c1ccccc1NC(=O)/C=C/c1ccc(SC(F)(F)F)cc1. The van der Waals surface area contributed by atoms with Gasteiger partial charge in [-0.25, -0.2) is 0 Å². The molecular formula is C17H13F3N2O2S. The largest absolute Gasteiger partial charge is 0.446 e. The van der Waals surface area contributed by atoms with Gasteiger partial charge in [0.25, 0.3) is 5.91 Å². The number of hydrogen-bond acceptors (Lipinski definition) is 3. The minimum atomic E-state index is -4.34. The molecule has 4 nitrogen and oxygen atoms in total. The molecule has 2 aromatic rings. The summed E-state index contributed by atoms with van der Waals surface area (Å²) in [6.07, 6.45) is 2.66. The van der Waals surface area contributed by atoms with Crippen LogP contribution >= 0.6 is 11.8 Å². The molecule has 0 saturated carbocycles. The van der Waals surface area contributed by atoms with E-state index in [4.69, 9.17) is 5.73 Å². The number of nitrogens with one attached hydrogen (secondary N) is 1. The molecule has 25 heavy (non-hydrogen) atoms. The number of carbonyl (C=O) groups is 2. The van der Waals surface area contributed by atoms with Gasteiger partial charge in [0, 0.05) is 11.0 Å². The molecule has 0 atom stereocenters. The van der Waals surface area contributed by atoms with Gasteiger partial charge in [-0.1, -0.05) is 24.3 Å². The van der Waals surface area contributed by atoms with Crippen LogP contribution in [0.2, 0.25) is 0 Å². The van der Waals surface area contributed by atoms with E-state index >= 15 is 0 Å². The van der Waals surface area contributed by atoms with E-state index in [9.17, 15) is 22.8 Å². The fourth-order valence-corrected chi connectivity index (χ4v) is 2.47. The molecule has 0 fully saturated rings. The summed E-state index contributed by atoms with van der Waals surface area (Å²) >= 11 is -0.207. The monoisotopic (exact) mass is 366 g/mol. The van der Waals surface area contributed by atoms with Crippen molar-refractivity contribution in [1.82, 2.24) is 0 Å². The Balaban J connectivity index is 2.02. The zero-order chi connectivity index (χ0) is 18.4. The molecule has 0 aliphatic rings. The normalized spacial score (nSPS) is 11.5. The number of thioether (sulfide) groups is 1. The van der Waals surface area contributed by atoms with Crippen molar-refractivity contribution < 1.29 is 22.8 Å². The first-order valence-electron chi connectivity index (χ1n) is 6.98. The third-order valence-corrected chi connectivity index (χ3v) is 3.73. The number of amides is 2. The van der Waals surface area contributed by atoms with Crippen LogP contribution in [0.4, 0.5) is 18.9 Å². The highest BCUT2D eigenvalue weighted by Crippen LogP contribution is 2.36. The highest BCUT2D eigenvalue weighted by molar-refractivity contribution is 8.00. The molecule has 0 aromatic heterocycles. The lowest BCUT2D eigenvalue weighted by Crippen LogP contribution is -2.16. The lowest BCUT2D eigenvalue weighted by atomic mass is 10.1. The number of halogens is 3. The first kappa shape index (κ1) is 18.6. The number of benzene rings is 2. The molecule has 3 N–H and O–H groups in total. The molecule has 8 heteroatoms. The van der Waals surface area contributed by atoms with Crippen molar-refractivity contribution in [2.75, 3.05) is 5.32 Å². The van der Waals surface area contributed by atoms with Gasteiger partial charge in [0.2, 0.25) is 5.91 Å². The van der Waals surface area contributed by atoms with Crippen molar-refractivity contribution >= 4 is 35.3 Å². The Morgan fingerprint density at radius 2 is 1.68 bits per heavy atom. The first-order valence-corrected chi connectivity index (χ1v) is 7.80. The maximum atomic E-state index is 12.3. The third-order valence-electron chi connectivity index (χ3n) is 2.99.